The molecule has 0 aliphatic heterocycles. The average Bonchev–Trinajstić information content (AvgIpc) is 2.77. The molecule has 9 heteroatoms. The molecule has 7 nitrogen and oxygen atoms in total. The Labute approximate surface area is 188 Å². The third kappa shape index (κ3) is 5.83. The van der Waals surface area contributed by atoms with Crippen molar-refractivity contribution < 1.29 is 28.6 Å². The molecule has 0 radical (unpaired) electrons. The molecule has 0 fully saturated rings. The number of hydrogen-bond acceptors (Lipinski definition) is 6. The maximum atomic E-state index is 13.0. The van der Waals surface area contributed by atoms with E-state index in [1.807, 2.05) is 0 Å². The number of nitrogens with zero attached hydrogens (tertiary/aromatic N) is 1. The lowest BCUT2D eigenvalue weighted by Gasteiger charge is -2.11. The summed E-state index contributed by atoms with van der Waals surface area (Å²) in [6.07, 6.45) is 1.35. The Morgan fingerprint density at radius 2 is 1.84 bits per heavy atom. The number of hydrogen-bond donors (Lipinski definition) is 2. The highest BCUT2D eigenvalue weighted by Gasteiger charge is 2.14. The van der Waals surface area contributed by atoms with E-state index in [0.717, 1.165) is 12.1 Å². The zero-order chi connectivity index (χ0) is 23.1. The summed E-state index contributed by atoms with van der Waals surface area (Å²) in [6, 6.07) is 13.7. The van der Waals surface area contributed by atoms with Crippen LogP contribution in [0.4, 0.5) is 4.39 Å². The van der Waals surface area contributed by atoms with Crippen LogP contribution < -0.4 is 14.9 Å². The Morgan fingerprint density at radius 3 is 2.56 bits per heavy atom. The number of hydrazone groups is 1. The molecular formula is C23H18ClFN2O5. The van der Waals surface area contributed by atoms with Crippen LogP contribution in [0.15, 0.2) is 65.8 Å². The molecule has 0 heterocycles. The fourth-order valence-corrected chi connectivity index (χ4v) is 2.79. The first-order chi connectivity index (χ1) is 15.4. The van der Waals surface area contributed by atoms with Crippen molar-refractivity contribution in [1.29, 1.82) is 0 Å². The minimum Gasteiger partial charge on any atom is -0.507 e. The number of phenols is 1. The largest absolute Gasteiger partial charge is 0.507 e. The molecule has 0 bridgehead atoms. The van der Waals surface area contributed by atoms with E-state index >= 15 is 0 Å². The summed E-state index contributed by atoms with van der Waals surface area (Å²) in [5.74, 6) is -1.54. The van der Waals surface area contributed by atoms with Gasteiger partial charge in [-0.2, -0.15) is 5.10 Å². The van der Waals surface area contributed by atoms with E-state index in [2.05, 4.69) is 10.5 Å². The van der Waals surface area contributed by atoms with Crippen molar-refractivity contribution in [2.24, 2.45) is 5.10 Å². The van der Waals surface area contributed by atoms with E-state index in [-0.39, 0.29) is 28.4 Å². The topological polar surface area (TPSA) is 97.2 Å². The second-order valence-electron chi connectivity index (χ2n) is 6.40. The van der Waals surface area contributed by atoms with Crippen LogP contribution in [0.2, 0.25) is 5.02 Å². The van der Waals surface area contributed by atoms with Crippen molar-refractivity contribution in [3.63, 3.8) is 0 Å². The van der Waals surface area contributed by atoms with Gasteiger partial charge in [0, 0.05) is 5.02 Å². The van der Waals surface area contributed by atoms with Crippen molar-refractivity contribution >= 4 is 29.7 Å². The van der Waals surface area contributed by atoms with Crippen LogP contribution in [0.3, 0.4) is 0 Å². The number of esters is 1. The lowest BCUT2D eigenvalue weighted by molar-refractivity contribution is 0.0728. The number of carbonyl (C=O) groups excluding carboxylic acids is 2. The van der Waals surface area contributed by atoms with Gasteiger partial charge in [-0.15, -0.1) is 0 Å². The van der Waals surface area contributed by atoms with Crippen LogP contribution in [0, 0.1) is 5.82 Å². The number of amides is 1. The Hall–Kier alpha value is -3.91. The molecule has 3 rings (SSSR count). The molecule has 0 unspecified atom stereocenters. The van der Waals surface area contributed by atoms with E-state index in [4.69, 9.17) is 21.1 Å². The van der Waals surface area contributed by atoms with Crippen LogP contribution >= 0.6 is 11.6 Å². The molecular weight excluding hydrogens is 439 g/mol. The first kappa shape index (κ1) is 22.8. The third-order valence-corrected chi connectivity index (χ3v) is 4.37. The summed E-state index contributed by atoms with van der Waals surface area (Å²) in [5.41, 5.74) is 3.01. The zero-order valence-electron chi connectivity index (χ0n) is 16.8. The van der Waals surface area contributed by atoms with Crippen LogP contribution in [-0.2, 0) is 0 Å². The molecule has 0 aromatic heterocycles. The zero-order valence-corrected chi connectivity index (χ0v) is 17.6. The normalized spacial score (nSPS) is 10.7. The summed E-state index contributed by atoms with van der Waals surface area (Å²) >= 11 is 5.84. The van der Waals surface area contributed by atoms with Gasteiger partial charge >= 0.3 is 5.97 Å². The van der Waals surface area contributed by atoms with Crippen LogP contribution in [0.5, 0.6) is 17.2 Å². The molecule has 2 N–H and O–H groups in total. The van der Waals surface area contributed by atoms with Crippen LogP contribution in [-0.4, -0.2) is 29.8 Å². The third-order valence-electron chi connectivity index (χ3n) is 4.13. The van der Waals surface area contributed by atoms with Gasteiger partial charge in [0.2, 0.25) is 0 Å². The molecule has 3 aromatic rings. The molecule has 0 atom stereocenters. The van der Waals surface area contributed by atoms with E-state index in [1.165, 1.54) is 42.6 Å². The Bertz CT molecular complexity index is 1170. The molecule has 3 aromatic carbocycles. The lowest BCUT2D eigenvalue weighted by atomic mass is 10.2. The Kier molecular flexibility index (Phi) is 7.41. The minimum absolute atomic E-state index is 0.0206. The van der Waals surface area contributed by atoms with Gasteiger partial charge in [-0.25, -0.2) is 14.6 Å². The predicted molar refractivity (Wildman–Crippen MR) is 117 cm³/mol. The number of ether oxygens (including phenoxy) is 2. The smallest absolute Gasteiger partial charge is 0.343 e. The van der Waals surface area contributed by atoms with Crippen molar-refractivity contribution in [1.82, 2.24) is 5.43 Å². The first-order valence-corrected chi connectivity index (χ1v) is 9.81. The predicted octanol–water partition coefficient (Wildman–Crippen LogP) is 4.57. The summed E-state index contributed by atoms with van der Waals surface area (Å²) in [6.45, 7) is 2.08. The van der Waals surface area contributed by atoms with E-state index < -0.39 is 17.7 Å². The summed E-state index contributed by atoms with van der Waals surface area (Å²) in [5, 5.41) is 13.9. The second kappa shape index (κ2) is 10.4. The second-order valence-corrected chi connectivity index (χ2v) is 6.83. The summed E-state index contributed by atoms with van der Waals surface area (Å²) in [4.78, 5) is 24.5. The van der Waals surface area contributed by atoms with Crippen molar-refractivity contribution in [2.75, 3.05) is 6.61 Å². The van der Waals surface area contributed by atoms with Gasteiger partial charge in [0.15, 0.2) is 11.5 Å². The average molecular weight is 457 g/mol. The van der Waals surface area contributed by atoms with E-state index in [9.17, 15) is 19.1 Å². The number of aromatic hydroxyl groups is 1. The SMILES string of the molecule is CCOc1cc(C=NNC(=O)c2cc(Cl)ccc2O)ccc1OC(=O)c1ccc(F)cc1. The van der Waals surface area contributed by atoms with Gasteiger partial charge in [-0.3, -0.25) is 4.79 Å². The van der Waals surface area contributed by atoms with E-state index in [0.29, 0.717) is 17.2 Å². The molecule has 1 amide bonds. The number of benzene rings is 3. The maximum Gasteiger partial charge on any atom is 0.343 e. The highest BCUT2D eigenvalue weighted by Crippen LogP contribution is 2.29. The fourth-order valence-electron chi connectivity index (χ4n) is 2.62. The summed E-state index contributed by atoms with van der Waals surface area (Å²) < 4.78 is 23.9. The number of carbonyl (C=O) groups is 2. The van der Waals surface area contributed by atoms with Crippen molar-refractivity contribution in [2.45, 2.75) is 6.92 Å². The molecule has 0 spiro atoms. The first-order valence-electron chi connectivity index (χ1n) is 9.44. The fraction of sp³-hybridized carbons (Fsp3) is 0.0870. The lowest BCUT2D eigenvalue weighted by Crippen LogP contribution is -2.17. The monoisotopic (exact) mass is 456 g/mol. The molecule has 0 aliphatic rings. The minimum atomic E-state index is -0.666. The highest BCUT2D eigenvalue weighted by molar-refractivity contribution is 6.31. The van der Waals surface area contributed by atoms with Gasteiger partial charge in [0.05, 0.1) is 23.9 Å². The Balaban J connectivity index is 1.72. The van der Waals surface area contributed by atoms with Gasteiger partial charge in [0.25, 0.3) is 5.91 Å². The standard InChI is InChI=1S/C23H18ClFN2O5/c1-2-31-21-11-14(13-26-27-22(29)18-12-16(24)6-9-19(18)28)3-10-20(21)32-23(30)15-4-7-17(25)8-5-15/h3-13,28H,2H2,1H3,(H,27,29). The van der Waals surface area contributed by atoms with E-state index in [1.54, 1.807) is 19.1 Å². The van der Waals surface area contributed by atoms with Gasteiger partial charge < -0.3 is 14.6 Å². The molecule has 0 aliphatic carbocycles. The van der Waals surface area contributed by atoms with Gasteiger partial charge in [0.1, 0.15) is 11.6 Å². The van der Waals surface area contributed by atoms with Gasteiger partial charge in [-0.05, 0) is 73.2 Å². The Morgan fingerprint density at radius 1 is 1.09 bits per heavy atom. The van der Waals surface area contributed by atoms with Crippen molar-refractivity contribution in [3.05, 3.63) is 88.2 Å². The van der Waals surface area contributed by atoms with Crippen LogP contribution in [0.1, 0.15) is 33.2 Å². The quantitative estimate of drug-likeness (QED) is 0.235. The number of phenolic OH excluding ortho intramolecular Hbond substituents is 1. The van der Waals surface area contributed by atoms with Gasteiger partial charge in [-0.1, -0.05) is 11.6 Å². The molecule has 164 valence electrons. The number of halogens is 2. The number of nitrogens with one attached hydrogen (secondary N) is 1. The number of rotatable bonds is 7. The summed E-state index contributed by atoms with van der Waals surface area (Å²) in [7, 11) is 0. The van der Waals surface area contributed by atoms with Crippen molar-refractivity contribution in [3.8, 4) is 17.2 Å². The maximum absolute atomic E-state index is 13.0. The molecule has 0 saturated carbocycles. The molecule has 32 heavy (non-hydrogen) atoms. The highest BCUT2D eigenvalue weighted by atomic mass is 35.5. The van der Waals surface area contributed by atoms with Crippen LogP contribution in [0.25, 0.3) is 0 Å². The molecule has 0 saturated heterocycles.